The first-order chi connectivity index (χ1) is 13.7. The van der Waals surface area contributed by atoms with Crippen molar-refractivity contribution in [3.63, 3.8) is 0 Å². The number of hydrogen-bond donors (Lipinski definition) is 2. The number of guanidine groups is 1. The summed E-state index contributed by atoms with van der Waals surface area (Å²) in [6.07, 6.45) is 6.88. The quantitative estimate of drug-likeness (QED) is 0.356. The van der Waals surface area contributed by atoms with Crippen LogP contribution in [0.15, 0.2) is 41.7 Å². The molecule has 7 heteroatoms. The molecule has 2 N–H and O–H groups in total. The van der Waals surface area contributed by atoms with Crippen molar-refractivity contribution >= 4 is 35.8 Å². The molecule has 29 heavy (non-hydrogen) atoms. The number of piperidine rings is 1. The predicted molar refractivity (Wildman–Crippen MR) is 131 cm³/mol. The average Bonchev–Trinajstić information content (AvgIpc) is 2.70. The lowest BCUT2D eigenvalue weighted by molar-refractivity contribution is 0.459. The van der Waals surface area contributed by atoms with Crippen molar-refractivity contribution in [2.75, 3.05) is 31.1 Å². The van der Waals surface area contributed by atoms with E-state index >= 15 is 0 Å². The second-order valence-corrected chi connectivity index (χ2v) is 7.36. The largest absolute Gasteiger partial charge is 0.357 e. The topological polar surface area (TPSA) is 65.4 Å². The molecular formula is C22H33IN6. The van der Waals surface area contributed by atoms with E-state index in [-0.39, 0.29) is 24.0 Å². The van der Waals surface area contributed by atoms with Gasteiger partial charge in [0.15, 0.2) is 5.96 Å². The standard InChI is InChI=1S/C22H32N6.HI/c1-4-24-22(25-13-9-19-8-12-23-16-17(19)2)27-20-10-14-28(15-11-20)21-7-5-6-18(3)26-21;/h5-8,12,16,20H,4,9-11,13-15H2,1-3H3,(H2,24,25,27);1H. The summed E-state index contributed by atoms with van der Waals surface area (Å²) in [7, 11) is 0. The molecule has 2 aromatic rings. The lowest BCUT2D eigenvalue weighted by atomic mass is 10.1. The van der Waals surface area contributed by atoms with E-state index < -0.39 is 0 Å². The molecular weight excluding hydrogens is 475 g/mol. The molecule has 0 aliphatic carbocycles. The zero-order valence-corrected chi connectivity index (χ0v) is 20.0. The summed E-state index contributed by atoms with van der Waals surface area (Å²) in [6.45, 7) is 9.93. The fraction of sp³-hybridized carbons (Fsp3) is 0.500. The second-order valence-electron chi connectivity index (χ2n) is 7.36. The SMILES string of the molecule is CCNC(=NCCc1ccncc1C)NC1CCN(c2cccc(C)n2)CC1.I. The van der Waals surface area contributed by atoms with Crippen LogP contribution in [0, 0.1) is 13.8 Å². The smallest absolute Gasteiger partial charge is 0.191 e. The number of nitrogens with one attached hydrogen (secondary N) is 2. The lowest BCUT2D eigenvalue weighted by Crippen LogP contribution is -2.49. The van der Waals surface area contributed by atoms with Crippen molar-refractivity contribution in [3.8, 4) is 0 Å². The van der Waals surface area contributed by atoms with E-state index in [1.165, 1.54) is 11.1 Å². The van der Waals surface area contributed by atoms with Crippen LogP contribution in [0.5, 0.6) is 0 Å². The third kappa shape index (κ3) is 7.13. The number of anilines is 1. The fourth-order valence-electron chi connectivity index (χ4n) is 3.54. The molecule has 0 saturated carbocycles. The van der Waals surface area contributed by atoms with Crippen molar-refractivity contribution in [3.05, 3.63) is 53.5 Å². The van der Waals surface area contributed by atoms with Crippen LogP contribution in [0.2, 0.25) is 0 Å². The Balaban J connectivity index is 0.00000300. The van der Waals surface area contributed by atoms with E-state index in [1.54, 1.807) is 0 Å². The number of aliphatic imine (C=N–C) groups is 1. The molecule has 3 heterocycles. The fourth-order valence-corrected chi connectivity index (χ4v) is 3.54. The molecule has 0 spiro atoms. The Bertz CT molecular complexity index is 786. The number of halogens is 1. The number of pyridine rings is 2. The maximum Gasteiger partial charge on any atom is 0.191 e. The third-order valence-corrected chi connectivity index (χ3v) is 5.17. The normalized spacial score (nSPS) is 15.0. The summed E-state index contributed by atoms with van der Waals surface area (Å²) >= 11 is 0. The van der Waals surface area contributed by atoms with Crippen molar-refractivity contribution < 1.29 is 0 Å². The van der Waals surface area contributed by atoms with Gasteiger partial charge < -0.3 is 15.5 Å². The minimum atomic E-state index is 0. The van der Waals surface area contributed by atoms with Gasteiger partial charge >= 0.3 is 0 Å². The molecule has 0 aromatic carbocycles. The Morgan fingerprint density at radius 3 is 2.69 bits per heavy atom. The van der Waals surface area contributed by atoms with E-state index in [0.717, 1.165) is 62.9 Å². The molecule has 0 atom stereocenters. The van der Waals surface area contributed by atoms with E-state index in [2.05, 4.69) is 57.5 Å². The summed E-state index contributed by atoms with van der Waals surface area (Å²) < 4.78 is 0. The number of hydrogen-bond acceptors (Lipinski definition) is 4. The zero-order valence-electron chi connectivity index (χ0n) is 17.7. The lowest BCUT2D eigenvalue weighted by Gasteiger charge is -2.34. The Hall–Kier alpha value is -1.90. The minimum absolute atomic E-state index is 0. The van der Waals surface area contributed by atoms with E-state index in [4.69, 9.17) is 4.99 Å². The highest BCUT2D eigenvalue weighted by Crippen LogP contribution is 2.18. The molecule has 0 radical (unpaired) electrons. The molecule has 0 bridgehead atoms. The minimum Gasteiger partial charge on any atom is -0.357 e. The Morgan fingerprint density at radius 1 is 1.21 bits per heavy atom. The van der Waals surface area contributed by atoms with Crippen LogP contribution in [-0.2, 0) is 6.42 Å². The van der Waals surface area contributed by atoms with Crippen LogP contribution in [0.25, 0.3) is 0 Å². The van der Waals surface area contributed by atoms with Gasteiger partial charge in [0.25, 0.3) is 0 Å². The Kier molecular flexibility index (Phi) is 9.63. The molecule has 6 nitrogen and oxygen atoms in total. The Labute approximate surface area is 191 Å². The number of aromatic nitrogens is 2. The first-order valence-electron chi connectivity index (χ1n) is 10.3. The summed E-state index contributed by atoms with van der Waals surface area (Å²) in [5.41, 5.74) is 3.62. The number of aryl methyl sites for hydroxylation is 2. The van der Waals surface area contributed by atoms with Crippen LogP contribution in [0.4, 0.5) is 5.82 Å². The predicted octanol–water partition coefficient (Wildman–Crippen LogP) is 3.48. The van der Waals surface area contributed by atoms with Crippen molar-refractivity contribution in [2.24, 2.45) is 4.99 Å². The van der Waals surface area contributed by atoms with Crippen LogP contribution in [-0.4, -0.2) is 48.1 Å². The molecule has 3 rings (SSSR count). The van der Waals surface area contributed by atoms with Gasteiger partial charge in [0.2, 0.25) is 0 Å². The molecule has 0 amide bonds. The van der Waals surface area contributed by atoms with Gasteiger partial charge in [-0.15, -0.1) is 24.0 Å². The van der Waals surface area contributed by atoms with Gasteiger partial charge in [0.1, 0.15) is 5.82 Å². The van der Waals surface area contributed by atoms with Crippen LogP contribution >= 0.6 is 24.0 Å². The summed E-state index contributed by atoms with van der Waals surface area (Å²) in [4.78, 5) is 16.0. The van der Waals surface area contributed by atoms with Gasteiger partial charge in [-0.25, -0.2) is 4.98 Å². The van der Waals surface area contributed by atoms with Crippen LogP contribution in [0.3, 0.4) is 0 Å². The van der Waals surface area contributed by atoms with E-state index in [9.17, 15) is 0 Å². The monoisotopic (exact) mass is 508 g/mol. The average molecular weight is 508 g/mol. The molecule has 158 valence electrons. The van der Waals surface area contributed by atoms with Crippen molar-refractivity contribution in [1.82, 2.24) is 20.6 Å². The highest BCUT2D eigenvalue weighted by Gasteiger charge is 2.20. The molecule has 1 saturated heterocycles. The van der Waals surface area contributed by atoms with E-state index in [0.29, 0.717) is 6.04 Å². The van der Waals surface area contributed by atoms with Crippen molar-refractivity contribution in [2.45, 2.75) is 46.1 Å². The van der Waals surface area contributed by atoms with Gasteiger partial charge in [-0.05, 0) is 69.4 Å². The maximum atomic E-state index is 4.78. The summed E-state index contributed by atoms with van der Waals surface area (Å²) in [6, 6.07) is 8.77. The second kappa shape index (κ2) is 11.9. The molecule has 1 aliphatic heterocycles. The molecule has 2 aromatic heterocycles. The number of rotatable bonds is 6. The molecule has 0 unspecified atom stereocenters. The highest BCUT2D eigenvalue weighted by molar-refractivity contribution is 14.0. The maximum absolute atomic E-state index is 4.78. The van der Waals surface area contributed by atoms with Gasteiger partial charge in [0, 0.05) is 50.3 Å². The molecule has 1 fully saturated rings. The summed E-state index contributed by atoms with van der Waals surface area (Å²) in [5.74, 6) is 2.01. The van der Waals surface area contributed by atoms with Gasteiger partial charge in [-0.2, -0.15) is 0 Å². The van der Waals surface area contributed by atoms with Gasteiger partial charge in [-0.3, -0.25) is 9.98 Å². The van der Waals surface area contributed by atoms with Gasteiger partial charge in [0.05, 0.1) is 0 Å². The summed E-state index contributed by atoms with van der Waals surface area (Å²) in [5, 5.41) is 7.00. The first-order valence-corrected chi connectivity index (χ1v) is 10.3. The van der Waals surface area contributed by atoms with Crippen molar-refractivity contribution in [1.29, 1.82) is 0 Å². The van der Waals surface area contributed by atoms with Crippen LogP contribution in [0.1, 0.15) is 36.6 Å². The third-order valence-electron chi connectivity index (χ3n) is 5.17. The Morgan fingerprint density at radius 2 is 2.00 bits per heavy atom. The first kappa shape index (κ1) is 23.4. The highest BCUT2D eigenvalue weighted by atomic mass is 127. The van der Waals surface area contributed by atoms with Gasteiger partial charge in [-0.1, -0.05) is 6.07 Å². The zero-order chi connectivity index (χ0) is 19.8. The molecule has 1 aliphatic rings. The number of nitrogens with zero attached hydrogens (tertiary/aromatic N) is 4. The van der Waals surface area contributed by atoms with Crippen LogP contribution < -0.4 is 15.5 Å². The van der Waals surface area contributed by atoms with E-state index in [1.807, 2.05) is 25.4 Å².